The Kier molecular flexibility index (Phi) is 4.64. The quantitative estimate of drug-likeness (QED) is 0.490. The van der Waals surface area contributed by atoms with Crippen LogP contribution in [0.3, 0.4) is 0 Å². The summed E-state index contributed by atoms with van der Waals surface area (Å²) in [4.78, 5) is 18.9. The Balaban J connectivity index is 1.43. The van der Waals surface area contributed by atoms with E-state index in [0.29, 0.717) is 5.92 Å². The minimum atomic E-state index is -0.115. The number of H-pyrrole nitrogens is 1. The lowest BCUT2D eigenvalue weighted by Crippen LogP contribution is -2.05. The standard InChI is InChI=1S/C24H24N4O/c29-23-16-19(12-13-25-23)22-11-10-21(24-26-14-15-28(22)24)27-20-8-6-18(7-9-20)17-4-2-1-3-5-17/h6-17,27H,1-5H2,(H,25,29). The molecule has 5 nitrogen and oxygen atoms in total. The molecule has 0 amide bonds. The van der Waals surface area contributed by atoms with E-state index in [0.717, 1.165) is 28.3 Å². The average molecular weight is 384 g/mol. The van der Waals surface area contributed by atoms with E-state index in [9.17, 15) is 4.79 Å². The minimum absolute atomic E-state index is 0.115. The van der Waals surface area contributed by atoms with E-state index in [1.807, 2.05) is 28.8 Å². The summed E-state index contributed by atoms with van der Waals surface area (Å²) in [6, 6.07) is 16.4. The molecule has 29 heavy (non-hydrogen) atoms. The van der Waals surface area contributed by atoms with Gasteiger partial charge in [0.15, 0.2) is 5.65 Å². The zero-order chi connectivity index (χ0) is 19.6. The highest BCUT2D eigenvalue weighted by molar-refractivity contribution is 5.78. The van der Waals surface area contributed by atoms with Crippen LogP contribution < -0.4 is 10.9 Å². The van der Waals surface area contributed by atoms with Crippen LogP contribution in [0.5, 0.6) is 0 Å². The lowest BCUT2D eigenvalue weighted by Gasteiger charge is -2.22. The van der Waals surface area contributed by atoms with Crippen molar-refractivity contribution in [1.82, 2.24) is 14.4 Å². The van der Waals surface area contributed by atoms with Crippen molar-refractivity contribution in [2.24, 2.45) is 0 Å². The third-order valence-corrected chi connectivity index (χ3v) is 5.89. The van der Waals surface area contributed by atoms with Crippen molar-refractivity contribution >= 4 is 17.0 Å². The second-order valence-electron chi connectivity index (χ2n) is 7.78. The average Bonchev–Trinajstić information content (AvgIpc) is 3.26. The first kappa shape index (κ1) is 17.7. The number of rotatable bonds is 4. The molecule has 0 radical (unpaired) electrons. The van der Waals surface area contributed by atoms with E-state index in [4.69, 9.17) is 0 Å². The fourth-order valence-electron chi connectivity index (χ4n) is 4.38. The number of benzene rings is 1. The Morgan fingerprint density at radius 3 is 2.62 bits per heavy atom. The normalized spacial score (nSPS) is 14.9. The summed E-state index contributed by atoms with van der Waals surface area (Å²) in [5, 5.41) is 3.50. The fraction of sp³-hybridized carbons (Fsp3) is 0.250. The Morgan fingerprint density at radius 1 is 1.00 bits per heavy atom. The van der Waals surface area contributed by atoms with E-state index in [1.54, 1.807) is 18.5 Å². The van der Waals surface area contributed by atoms with Crippen LogP contribution in [0.25, 0.3) is 16.9 Å². The number of aromatic amines is 1. The van der Waals surface area contributed by atoms with Crippen LogP contribution in [-0.4, -0.2) is 14.4 Å². The first-order valence-corrected chi connectivity index (χ1v) is 10.3. The van der Waals surface area contributed by atoms with Gasteiger partial charge >= 0.3 is 0 Å². The second kappa shape index (κ2) is 7.59. The molecule has 0 aliphatic heterocycles. The predicted octanol–water partition coefficient (Wildman–Crippen LogP) is 5.48. The molecule has 0 atom stereocenters. The first-order chi connectivity index (χ1) is 14.3. The van der Waals surface area contributed by atoms with Crippen LogP contribution in [0.15, 0.2) is 71.9 Å². The van der Waals surface area contributed by atoms with Gasteiger partial charge in [-0.05, 0) is 54.7 Å². The lowest BCUT2D eigenvalue weighted by molar-refractivity contribution is 0.443. The maximum atomic E-state index is 11.7. The van der Waals surface area contributed by atoms with Crippen molar-refractivity contribution in [3.05, 3.63) is 83.0 Å². The number of nitrogens with zero attached hydrogens (tertiary/aromatic N) is 2. The highest BCUT2D eigenvalue weighted by Gasteiger charge is 2.15. The summed E-state index contributed by atoms with van der Waals surface area (Å²) in [6.07, 6.45) is 12.1. The van der Waals surface area contributed by atoms with E-state index < -0.39 is 0 Å². The molecule has 1 aromatic carbocycles. The smallest absolute Gasteiger partial charge is 0.248 e. The predicted molar refractivity (Wildman–Crippen MR) is 117 cm³/mol. The van der Waals surface area contributed by atoms with E-state index in [1.165, 1.54) is 37.7 Å². The van der Waals surface area contributed by atoms with Crippen LogP contribution in [0, 0.1) is 0 Å². The number of imidazole rings is 1. The number of hydrogen-bond acceptors (Lipinski definition) is 3. The molecule has 1 aliphatic carbocycles. The third kappa shape index (κ3) is 3.56. The number of nitrogens with one attached hydrogen (secondary N) is 2. The fourth-order valence-corrected chi connectivity index (χ4v) is 4.38. The number of anilines is 2. The van der Waals surface area contributed by atoms with Crippen molar-refractivity contribution in [2.75, 3.05) is 5.32 Å². The largest absolute Gasteiger partial charge is 0.352 e. The second-order valence-corrected chi connectivity index (χ2v) is 7.78. The zero-order valence-corrected chi connectivity index (χ0v) is 16.3. The summed E-state index contributed by atoms with van der Waals surface area (Å²) in [7, 11) is 0. The molecule has 3 heterocycles. The Bertz CT molecular complexity index is 1180. The van der Waals surface area contributed by atoms with Gasteiger partial charge in [0.1, 0.15) is 0 Å². The van der Waals surface area contributed by atoms with Crippen LogP contribution in [0.2, 0.25) is 0 Å². The summed E-state index contributed by atoms with van der Waals surface area (Å²) < 4.78 is 2.01. The van der Waals surface area contributed by atoms with Crippen molar-refractivity contribution in [3.63, 3.8) is 0 Å². The maximum Gasteiger partial charge on any atom is 0.248 e. The minimum Gasteiger partial charge on any atom is -0.352 e. The summed E-state index contributed by atoms with van der Waals surface area (Å²) in [5.41, 5.74) is 5.95. The Morgan fingerprint density at radius 2 is 1.83 bits per heavy atom. The van der Waals surface area contributed by atoms with Crippen LogP contribution in [-0.2, 0) is 0 Å². The van der Waals surface area contributed by atoms with Gasteiger partial charge in [-0.25, -0.2) is 4.98 Å². The molecule has 1 saturated carbocycles. The summed E-state index contributed by atoms with van der Waals surface area (Å²) in [5.74, 6) is 0.713. The van der Waals surface area contributed by atoms with Gasteiger partial charge in [-0.2, -0.15) is 0 Å². The number of pyridine rings is 2. The molecule has 0 saturated heterocycles. The van der Waals surface area contributed by atoms with Gasteiger partial charge in [0.2, 0.25) is 5.56 Å². The summed E-state index contributed by atoms with van der Waals surface area (Å²) >= 11 is 0. The molecular formula is C24H24N4O. The van der Waals surface area contributed by atoms with Gasteiger partial charge in [-0.1, -0.05) is 31.4 Å². The first-order valence-electron chi connectivity index (χ1n) is 10.3. The molecule has 5 rings (SSSR count). The van der Waals surface area contributed by atoms with Crippen molar-refractivity contribution in [3.8, 4) is 11.3 Å². The van der Waals surface area contributed by atoms with Crippen LogP contribution >= 0.6 is 0 Å². The molecule has 1 fully saturated rings. The lowest BCUT2D eigenvalue weighted by atomic mass is 9.84. The highest BCUT2D eigenvalue weighted by atomic mass is 16.1. The van der Waals surface area contributed by atoms with Gasteiger partial charge in [-0.15, -0.1) is 0 Å². The topological polar surface area (TPSA) is 62.2 Å². The van der Waals surface area contributed by atoms with Gasteiger partial charge in [0, 0.05) is 35.9 Å². The summed E-state index contributed by atoms with van der Waals surface area (Å²) in [6.45, 7) is 0. The van der Waals surface area contributed by atoms with Gasteiger partial charge in [0.25, 0.3) is 0 Å². The molecule has 3 aromatic heterocycles. The molecule has 5 heteroatoms. The molecular weight excluding hydrogens is 360 g/mol. The number of hydrogen-bond donors (Lipinski definition) is 2. The van der Waals surface area contributed by atoms with Crippen LogP contribution in [0.1, 0.15) is 43.6 Å². The van der Waals surface area contributed by atoms with E-state index in [2.05, 4.69) is 39.6 Å². The molecule has 0 spiro atoms. The van der Waals surface area contributed by atoms with Crippen molar-refractivity contribution in [1.29, 1.82) is 0 Å². The maximum absolute atomic E-state index is 11.7. The number of aromatic nitrogens is 3. The third-order valence-electron chi connectivity index (χ3n) is 5.89. The van der Waals surface area contributed by atoms with Crippen molar-refractivity contribution < 1.29 is 0 Å². The molecule has 2 N–H and O–H groups in total. The monoisotopic (exact) mass is 384 g/mol. The van der Waals surface area contributed by atoms with Gasteiger partial charge in [0.05, 0.1) is 11.4 Å². The molecule has 0 unspecified atom stereocenters. The zero-order valence-electron chi connectivity index (χ0n) is 16.3. The van der Waals surface area contributed by atoms with Crippen molar-refractivity contribution in [2.45, 2.75) is 38.0 Å². The van der Waals surface area contributed by atoms with E-state index >= 15 is 0 Å². The molecule has 4 aromatic rings. The Hall–Kier alpha value is -3.34. The van der Waals surface area contributed by atoms with Gasteiger partial charge in [-0.3, -0.25) is 9.20 Å². The number of fused-ring (bicyclic) bond motifs is 1. The molecule has 146 valence electrons. The Labute approximate surface area is 169 Å². The molecule has 0 bridgehead atoms. The van der Waals surface area contributed by atoms with Gasteiger partial charge < -0.3 is 10.3 Å². The SMILES string of the molecule is O=c1cc(-c2ccc(Nc3ccc(C4CCCCC4)cc3)c3nccn23)cc[nH]1. The highest BCUT2D eigenvalue weighted by Crippen LogP contribution is 2.33. The van der Waals surface area contributed by atoms with Crippen LogP contribution in [0.4, 0.5) is 11.4 Å². The molecule has 1 aliphatic rings. The van der Waals surface area contributed by atoms with E-state index in [-0.39, 0.29) is 5.56 Å².